The minimum Gasteiger partial charge on any atom is -0.342 e. The molecule has 3 aromatic rings. The number of piperazine rings is 1. The Morgan fingerprint density at radius 3 is 2.30 bits per heavy atom. The summed E-state index contributed by atoms with van der Waals surface area (Å²) in [6.07, 6.45) is 6.78. The molecular formula is C38H46ClN5O3. The van der Waals surface area contributed by atoms with E-state index in [1.165, 1.54) is 6.42 Å². The Bertz CT molecular complexity index is 1530. The molecule has 1 saturated carbocycles. The van der Waals surface area contributed by atoms with Crippen molar-refractivity contribution in [2.24, 2.45) is 0 Å². The monoisotopic (exact) mass is 655 g/mol. The maximum absolute atomic E-state index is 14.2. The second-order valence-electron chi connectivity index (χ2n) is 13.3. The highest BCUT2D eigenvalue weighted by Gasteiger charge is 2.42. The average molecular weight is 656 g/mol. The van der Waals surface area contributed by atoms with E-state index in [1.807, 2.05) is 82.6 Å². The van der Waals surface area contributed by atoms with Crippen molar-refractivity contribution in [2.75, 3.05) is 44.2 Å². The second kappa shape index (κ2) is 15.0. The predicted octanol–water partition coefficient (Wildman–Crippen LogP) is 5.15. The van der Waals surface area contributed by atoms with Gasteiger partial charge in [0, 0.05) is 68.9 Å². The van der Waals surface area contributed by atoms with Crippen LogP contribution < -0.4 is 15.5 Å². The van der Waals surface area contributed by atoms with E-state index in [9.17, 15) is 14.4 Å². The van der Waals surface area contributed by atoms with Crippen LogP contribution in [0.4, 0.5) is 5.69 Å². The minimum atomic E-state index is -0.707. The van der Waals surface area contributed by atoms with Gasteiger partial charge in [0.1, 0.15) is 12.1 Å². The third kappa shape index (κ3) is 7.72. The summed E-state index contributed by atoms with van der Waals surface area (Å²) < 4.78 is 0. The Labute approximate surface area is 283 Å². The highest BCUT2D eigenvalue weighted by atomic mass is 35.5. The number of amides is 3. The molecule has 2 fully saturated rings. The largest absolute Gasteiger partial charge is 0.342 e. The van der Waals surface area contributed by atoms with E-state index >= 15 is 0 Å². The van der Waals surface area contributed by atoms with E-state index < -0.39 is 12.1 Å². The van der Waals surface area contributed by atoms with E-state index in [0.717, 1.165) is 67.6 Å². The van der Waals surface area contributed by atoms with Crippen molar-refractivity contribution >= 4 is 35.0 Å². The molecule has 1 saturated heterocycles. The molecule has 3 aromatic carbocycles. The van der Waals surface area contributed by atoms with Crippen LogP contribution in [0.5, 0.6) is 0 Å². The van der Waals surface area contributed by atoms with Crippen LogP contribution in [0, 0.1) is 0 Å². The molecule has 9 heteroatoms. The summed E-state index contributed by atoms with van der Waals surface area (Å²) >= 11 is 6.16. The van der Waals surface area contributed by atoms with E-state index in [-0.39, 0.29) is 23.3 Å². The number of anilines is 1. The van der Waals surface area contributed by atoms with Gasteiger partial charge >= 0.3 is 0 Å². The van der Waals surface area contributed by atoms with Crippen LogP contribution in [0.2, 0.25) is 5.02 Å². The topological polar surface area (TPSA) is 85.0 Å². The summed E-state index contributed by atoms with van der Waals surface area (Å²) in [5.74, 6) is -0.204. The predicted molar refractivity (Wildman–Crippen MR) is 186 cm³/mol. The fourth-order valence-electron chi connectivity index (χ4n) is 7.74. The Kier molecular flexibility index (Phi) is 10.6. The quantitative estimate of drug-likeness (QED) is 0.333. The molecule has 1 aliphatic carbocycles. The first-order valence-electron chi connectivity index (χ1n) is 17.1. The fraction of sp³-hybridized carbons (Fsp3) is 0.447. The highest BCUT2D eigenvalue weighted by Crippen LogP contribution is 2.36. The van der Waals surface area contributed by atoms with Crippen molar-refractivity contribution < 1.29 is 14.4 Å². The molecule has 248 valence electrons. The van der Waals surface area contributed by atoms with Gasteiger partial charge in [-0.2, -0.15) is 0 Å². The zero-order valence-electron chi connectivity index (χ0n) is 27.3. The number of carbonyl (C=O) groups excluding carboxylic acids is 3. The number of hydrogen-bond acceptors (Lipinski definition) is 5. The lowest BCUT2D eigenvalue weighted by Gasteiger charge is -2.51. The molecule has 3 amide bonds. The number of halogens is 1. The summed E-state index contributed by atoms with van der Waals surface area (Å²) in [5.41, 5.74) is 3.86. The number of para-hydroxylation sites is 1. The first-order chi connectivity index (χ1) is 22.8. The van der Waals surface area contributed by atoms with E-state index in [4.69, 9.17) is 11.6 Å². The zero-order valence-corrected chi connectivity index (χ0v) is 28.1. The number of benzene rings is 3. The van der Waals surface area contributed by atoms with Gasteiger partial charge in [-0.1, -0.05) is 85.5 Å². The Balaban J connectivity index is 1.18. The Hall–Kier alpha value is -3.72. The lowest BCUT2D eigenvalue weighted by molar-refractivity contribution is -0.139. The lowest BCUT2D eigenvalue weighted by atomic mass is 9.79. The first kappa shape index (κ1) is 33.2. The normalized spacial score (nSPS) is 20.1. The number of rotatable bonds is 9. The van der Waals surface area contributed by atoms with Crippen molar-refractivity contribution in [3.05, 3.63) is 101 Å². The number of carbonyl (C=O) groups is 3. The van der Waals surface area contributed by atoms with E-state index in [2.05, 4.69) is 21.6 Å². The molecule has 2 aliphatic heterocycles. The highest BCUT2D eigenvalue weighted by molar-refractivity contribution is 6.30. The van der Waals surface area contributed by atoms with Gasteiger partial charge in [-0.3, -0.25) is 19.3 Å². The summed E-state index contributed by atoms with van der Waals surface area (Å²) in [6, 6.07) is 24.2. The molecule has 2 unspecified atom stereocenters. The maximum atomic E-state index is 14.2. The average Bonchev–Trinajstić information content (AvgIpc) is 3.11. The Morgan fingerprint density at radius 2 is 1.60 bits per heavy atom. The standard InChI is InChI=1S/C38H46ClN5O3/c1-28(45)44(32-11-4-2-5-12-32)27-38(19-8-3-9-20-38)43-24-22-42(23-25-43)37(47)34(26-29-14-16-31(39)17-15-29)41-36(46)35-33-13-7-6-10-30(33)18-21-40-35/h2,4-7,10-17,34-35,40H,3,8-9,18-27H2,1H3,(H,41,46). The number of nitrogens with one attached hydrogen (secondary N) is 2. The summed E-state index contributed by atoms with van der Waals surface area (Å²) in [6.45, 7) is 5.60. The van der Waals surface area contributed by atoms with Crippen LogP contribution in [-0.4, -0.2) is 78.4 Å². The maximum Gasteiger partial charge on any atom is 0.245 e. The van der Waals surface area contributed by atoms with Gasteiger partial charge in [0.2, 0.25) is 17.7 Å². The molecule has 2 atom stereocenters. The van der Waals surface area contributed by atoms with Crippen molar-refractivity contribution in [3.63, 3.8) is 0 Å². The van der Waals surface area contributed by atoms with Crippen molar-refractivity contribution in [2.45, 2.75) is 69.5 Å². The summed E-state index contributed by atoms with van der Waals surface area (Å²) in [4.78, 5) is 47.3. The van der Waals surface area contributed by atoms with Gasteiger partial charge in [-0.25, -0.2) is 0 Å². The number of fused-ring (bicyclic) bond motifs is 1. The van der Waals surface area contributed by atoms with Gasteiger partial charge < -0.3 is 20.4 Å². The van der Waals surface area contributed by atoms with Gasteiger partial charge in [-0.15, -0.1) is 0 Å². The van der Waals surface area contributed by atoms with E-state index in [0.29, 0.717) is 37.6 Å². The SMILES string of the molecule is CC(=O)N(CC1(N2CCN(C(=O)C(Cc3ccc(Cl)cc3)NC(=O)C3NCCc4ccccc43)CC2)CCCCC1)c1ccccc1. The molecule has 0 spiro atoms. The molecular weight excluding hydrogens is 610 g/mol. The third-order valence-electron chi connectivity index (χ3n) is 10.3. The third-order valence-corrected chi connectivity index (χ3v) is 10.5. The molecule has 6 rings (SSSR count). The molecule has 0 bridgehead atoms. The van der Waals surface area contributed by atoms with Crippen LogP contribution in [-0.2, 0) is 27.2 Å². The summed E-state index contributed by atoms with van der Waals surface area (Å²) in [7, 11) is 0. The van der Waals surface area contributed by atoms with Crippen LogP contribution in [0.15, 0.2) is 78.9 Å². The van der Waals surface area contributed by atoms with Crippen LogP contribution in [0.25, 0.3) is 0 Å². The van der Waals surface area contributed by atoms with Crippen LogP contribution >= 0.6 is 11.6 Å². The van der Waals surface area contributed by atoms with Crippen LogP contribution in [0.1, 0.15) is 61.8 Å². The number of hydrogen-bond donors (Lipinski definition) is 2. The molecule has 3 aliphatic rings. The van der Waals surface area contributed by atoms with Crippen molar-refractivity contribution in [1.29, 1.82) is 0 Å². The number of nitrogens with zero attached hydrogens (tertiary/aromatic N) is 3. The molecule has 8 nitrogen and oxygen atoms in total. The molecule has 2 N–H and O–H groups in total. The fourth-order valence-corrected chi connectivity index (χ4v) is 7.87. The first-order valence-corrected chi connectivity index (χ1v) is 17.4. The summed E-state index contributed by atoms with van der Waals surface area (Å²) in [5, 5.41) is 7.14. The van der Waals surface area contributed by atoms with Gasteiger partial charge in [-0.05, 0) is 60.2 Å². The van der Waals surface area contributed by atoms with Gasteiger partial charge in [0.15, 0.2) is 0 Å². The Morgan fingerprint density at radius 1 is 0.915 bits per heavy atom. The smallest absolute Gasteiger partial charge is 0.245 e. The van der Waals surface area contributed by atoms with Crippen molar-refractivity contribution in [1.82, 2.24) is 20.4 Å². The molecule has 2 heterocycles. The van der Waals surface area contributed by atoms with Crippen molar-refractivity contribution in [3.8, 4) is 0 Å². The van der Waals surface area contributed by atoms with Gasteiger partial charge in [0.25, 0.3) is 0 Å². The second-order valence-corrected chi connectivity index (χ2v) is 13.7. The minimum absolute atomic E-state index is 0.0471. The molecule has 0 aromatic heterocycles. The molecule has 0 radical (unpaired) electrons. The zero-order chi connectivity index (χ0) is 32.8. The van der Waals surface area contributed by atoms with Crippen LogP contribution in [0.3, 0.4) is 0 Å². The van der Waals surface area contributed by atoms with Gasteiger partial charge in [0.05, 0.1) is 0 Å². The molecule has 47 heavy (non-hydrogen) atoms. The van der Waals surface area contributed by atoms with E-state index in [1.54, 1.807) is 6.92 Å². The lowest BCUT2D eigenvalue weighted by Crippen LogP contribution is -2.64.